The Labute approximate surface area is 114 Å². The molecule has 0 heterocycles. The molecule has 2 rings (SSSR count). The molecular weight excluding hydrogens is 237 g/mol. The zero-order valence-electron chi connectivity index (χ0n) is 11.9. The molecule has 0 bridgehead atoms. The summed E-state index contributed by atoms with van der Waals surface area (Å²) in [5.41, 5.74) is 5.26. The zero-order chi connectivity index (χ0) is 14.0. The lowest BCUT2D eigenvalue weighted by atomic mass is 10.0. The molecule has 0 aromatic heterocycles. The highest BCUT2D eigenvalue weighted by Crippen LogP contribution is 2.22. The van der Waals surface area contributed by atoms with Gasteiger partial charge < -0.3 is 5.32 Å². The van der Waals surface area contributed by atoms with E-state index in [9.17, 15) is 4.39 Å². The van der Waals surface area contributed by atoms with E-state index < -0.39 is 0 Å². The third-order valence-electron chi connectivity index (χ3n) is 3.59. The second kappa shape index (κ2) is 5.43. The van der Waals surface area contributed by atoms with Gasteiger partial charge in [-0.2, -0.15) is 0 Å². The van der Waals surface area contributed by atoms with Crippen LogP contribution >= 0.6 is 0 Å². The molecule has 1 nitrogen and oxygen atoms in total. The molecule has 0 aliphatic rings. The highest BCUT2D eigenvalue weighted by Gasteiger charge is 2.07. The molecule has 0 amide bonds. The minimum atomic E-state index is -0.169. The second-order valence-corrected chi connectivity index (χ2v) is 5.17. The van der Waals surface area contributed by atoms with Gasteiger partial charge in [-0.1, -0.05) is 24.3 Å². The van der Waals surface area contributed by atoms with Crippen LogP contribution in [0, 0.1) is 26.6 Å². The van der Waals surface area contributed by atoms with E-state index in [1.165, 1.54) is 16.7 Å². The first-order chi connectivity index (χ1) is 8.97. The summed E-state index contributed by atoms with van der Waals surface area (Å²) < 4.78 is 13.5. The molecule has 100 valence electrons. The molecule has 1 N–H and O–H groups in total. The summed E-state index contributed by atoms with van der Waals surface area (Å²) in [6, 6.07) is 11.8. The van der Waals surface area contributed by atoms with E-state index in [0.717, 1.165) is 5.69 Å². The average Bonchev–Trinajstić information content (AvgIpc) is 2.37. The Morgan fingerprint density at radius 3 is 2.21 bits per heavy atom. The molecule has 2 aromatic rings. The molecule has 0 aliphatic heterocycles. The van der Waals surface area contributed by atoms with Crippen LogP contribution in [-0.4, -0.2) is 0 Å². The maximum Gasteiger partial charge on any atom is 0.128 e. The van der Waals surface area contributed by atoms with E-state index >= 15 is 0 Å². The summed E-state index contributed by atoms with van der Waals surface area (Å²) in [6.07, 6.45) is 0. The Morgan fingerprint density at radius 2 is 1.58 bits per heavy atom. The Kier molecular flexibility index (Phi) is 3.89. The summed E-state index contributed by atoms with van der Waals surface area (Å²) in [4.78, 5) is 0. The fourth-order valence-corrected chi connectivity index (χ4v) is 2.05. The van der Waals surface area contributed by atoms with Crippen molar-refractivity contribution in [1.82, 2.24) is 0 Å². The van der Waals surface area contributed by atoms with Crippen molar-refractivity contribution < 1.29 is 4.39 Å². The first-order valence-corrected chi connectivity index (χ1v) is 6.57. The third-order valence-corrected chi connectivity index (χ3v) is 3.59. The molecule has 2 aromatic carbocycles. The summed E-state index contributed by atoms with van der Waals surface area (Å²) in [5.74, 6) is -0.169. The van der Waals surface area contributed by atoms with Gasteiger partial charge >= 0.3 is 0 Å². The number of hydrogen-bond acceptors (Lipinski definition) is 1. The van der Waals surface area contributed by atoms with Gasteiger partial charge in [-0.25, -0.2) is 4.39 Å². The summed E-state index contributed by atoms with van der Waals surface area (Å²) in [5, 5.41) is 3.33. The van der Waals surface area contributed by atoms with Crippen molar-refractivity contribution >= 4 is 5.69 Å². The number of nitrogens with one attached hydrogen (secondary N) is 1. The van der Waals surface area contributed by atoms with E-state index in [1.807, 2.05) is 6.07 Å². The Morgan fingerprint density at radius 1 is 0.895 bits per heavy atom. The standard InChI is InChI=1S/C17H20FN/c1-11-5-7-15(9-13(11)3)14(4)19-16-8-6-12(2)17(18)10-16/h5-10,14,19H,1-4H3. The van der Waals surface area contributed by atoms with Crippen LogP contribution in [0.3, 0.4) is 0 Å². The summed E-state index contributed by atoms with van der Waals surface area (Å²) in [7, 11) is 0. The largest absolute Gasteiger partial charge is 0.378 e. The first-order valence-electron chi connectivity index (χ1n) is 6.57. The van der Waals surface area contributed by atoms with Gasteiger partial charge in [-0.15, -0.1) is 0 Å². The fourth-order valence-electron chi connectivity index (χ4n) is 2.05. The van der Waals surface area contributed by atoms with Crippen molar-refractivity contribution in [2.24, 2.45) is 0 Å². The van der Waals surface area contributed by atoms with Gasteiger partial charge in [-0.05, 0) is 62.1 Å². The molecule has 1 unspecified atom stereocenters. The Balaban J connectivity index is 2.17. The number of rotatable bonds is 3. The minimum absolute atomic E-state index is 0.154. The predicted octanol–water partition coefficient (Wildman–Crippen LogP) is 4.92. The summed E-state index contributed by atoms with van der Waals surface area (Å²) in [6.45, 7) is 8.07. The van der Waals surface area contributed by atoms with Crippen molar-refractivity contribution in [3.05, 3.63) is 64.5 Å². The lowest BCUT2D eigenvalue weighted by Crippen LogP contribution is -2.07. The van der Waals surface area contributed by atoms with Crippen LogP contribution in [0.1, 0.15) is 35.2 Å². The molecule has 0 fully saturated rings. The van der Waals surface area contributed by atoms with Crippen LogP contribution in [-0.2, 0) is 0 Å². The minimum Gasteiger partial charge on any atom is -0.378 e. The quantitative estimate of drug-likeness (QED) is 0.822. The van der Waals surface area contributed by atoms with E-state index in [-0.39, 0.29) is 11.9 Å². The van der Waals surface area contributed by atoms with Crippen molar-refractivity contribution in [2.45, 2.75) is 33.7 Å². The molecule has 0 aliphatic carbocycles. The lowest BCUT2D eigenvalue weighted by Gasteiger charge is -2.17. The third kappa shape index (κ3) is 3.14. The molecule has 2 heteroatoms. The monoisotopic (exact) mass is 257 g/mol. The van der Waals surface area contributed by atoms with Crippen molar-refractivity contribution in [3.8, 4) is 0 Å². The number of benzene rings is 2. The second-order valence-electron chi connectivity index (χ2n) is 5.17. The van der Waals surface area contributed by atoms with Crippen LogP contribution in [0.25, 0.3) is 0 Å². The maximum atomic E-state index is 13.5. The van der Waals surface area contributed by atoms with Crippen LogP contribution < -0.4 is 5.32 Å². The predicted molar refractivity (Wildman–Crippen MR) is 79.1 cm³/mol. The molecule has 19 heavy (non-hydrogen) atoms. The highest BCUT2D eigenvalue weighted by atomic mass is 19.1. The van der Waals surface area contributed by atoms with Crippen LogP contribution in [0.4, 0.5) is 10.1 Å². The van der Waals surface area contributed by atoms with Gasteiger partial charge in [0.05, 0.1) is 0 Å². The van der Waals surface area contributed by atoms with E-state index in [1.54, 1.807) is 19.1 Å². The van der Waals surface area contributed by atoms with E-state index in [2.05, 4.69) is 44.3 Å². The molecule has 0 saturated heterocycles. The summed E-state index contributed by atoms with van der Waals surface area (Å²) >= 11 is 0. The number of hydrogen-bond donors (Lipinski definition) is 1. The molecule has 1 atom stereocenters. The van der Waals surface area contributed by atoms with Crippen LogP contribution in [0.2, 0.25) is 0 Å². The number of aryl methyl sites for hydroxylation is 3. The molecule has 0 radical (unpaired) electrons. The smallest absolute Gasteiger partial charge is 0.128 e. The van der Waals surface area contributed by atoms with Gasteiger partial charge in [0.1, 0.15) is 5.82 Å². The maximum absolute atomic E-state index is 13.5. The zero-order valence-corrected chi connectivity index (χ0v) is 11.9. The normalized spacial score (nSPS) is 12.3. The van der Waals surface area contributed by atoms with E-state index in [0.29, 0.717) is 5.56 Å². The number of halogens is 1. The van der Waals surface area contributed by atoms with Gasteiger partial charge in [0.2, 0.25) is 0 Å². The molecular formula is C17H20FN. The fraction of sp³-hybridized carbons (Fsp3) is 0.294. The van der Waals surface area contributed by atoms with Crippen molar-refractivity contribution in [1.29, 1.82) is 0 Å². The lowest BCUT2D eigenvalue weighted by molar-refractivity contribution is 0.618. The highest BCUT2D eigenvalue weighted by molar-refractivity contribution is 5.47. The SMILES string of the molecule is Cc1ccc(C(C)Nc2ccc(C)c(F)c2)cc1C. The van der Waals surface area contributed by atoms with E-state index in [4.69, 9.17) is 0 Å². The topological polar surface area (TPSA) is 12.0 Å². The van der Waals surface area contributed by atoms with Gasteiger partial charge in [-0.3, -0.25) is 0 Å². The van der Waals surface area contributed by atoms with Crippen molar-refractivity contribution in [3.63, 3.8) is 0 Å². The van der Waals surface area contributed by atoms with Crippen LogP contribution in [0.15, 0.2) is 36.4 Å². The first kappa shape index (κ1) is 13.6. The van der Waals surface area contributed by atoms with Gasteiger partial charge in [0.15, 0.2) is 0 Å². The van der Waals surface area contributed by atoms with Crippen LogP contribution in [0.5, 0.6) is 0 Å². The number of anilines is 1. The van der Waals surface area contributed by atoms with Crippen molar-refractivity contribution in [2.75, 3.05) is 5.32 Å². The molecule has 0 saturated carbocycles. The average molecular weight is 257 g/mol. The van der Waals surface area contributed by atoms with Gasteiger partial charge in [0, 0.05) is 11.7 Å². The Hall–Kier alpha value is -1.83. The molecule has 0 spiro atoms. The van der Waals surface area contributed by atoms with Gasteiger partial charge in [0.25, 0.3) is 0 Å². The Bertz CT molecular complexity index is 590.